The zero-order valence-corrected chi connectivity index (χ0v) is 15.6. The van der Waals surface area contributed by atoms with Crippen LogP contribution in [-0.4, -0.2) is 38.6 Å². The summed E-state index contributed by atoms with van der Waals surface area (Å²) in [5, 5.41) is 13.2. The fraction of sp³-hybridized carbons (Fsp3) is 0.474. The first kappa shape index (κ1) is 19.1. The molecule has 2 aromatic heterocycles. The molecule has 0 radical (unpaired) electrons. The van der Waals surface area contributed by atoms with E-state index in [0.717, 1.165) is 43.8 Å². The van der Waals surface area contributed by atoms with E-state index in [-0.39, 0.29) is 16.9 Å². The van der Waals surface area contributed by atoms with Crippen molar-refractivity contribution in [1.82, 2.24) is 14.8 Å². The van der Waals surface area contributed by atoms with Crippen LogP contribution >= 0.6 is 11.6 Å². The predicted octanol–water partition coefficient (Wildman–Crippen LogP) is 3.55. The van der Waals surface area contributed by atoms with Gasteiger partial charge in [0.1, 0.15) is 5.15 Å². The number of fused-ring (bicyclic) bond motifs is 2. The van der Waals surface area contributed by atoms with Crippen LogP contribution in [0.3, 0.4) is 0 Å². The van der Waals surface area contributed by atoms with Crippen molar-refractivity contribution >= 4 is 17.3 Å². The van der Waals surface area contributed by atoms with Crippen molar-refractivity contribution in [3.05, 3.63) is 40.9 Å². The molecule has 148 valence electrons. The predicted molar refractivity (Wildman–Crippen MR) is 97.9 cm³/mol. The van der Waals surface area contributed by atoms with Gasteiger partial charge in [0.25, 0.3) is 0 Å². The normalized spacial score (nSPS) is 24.2. The fourth-order valence-corrected chi connectivity index (χ4v) is 4.38. The summed E-state index contributed by atoms with van der Waals surface area (Å²) in [7, 11) is 0. The number of rotatable bonds is 2. The molecule has 0 aliphatic carbocycles. The van der Waals surface area contributed by atoms with Crippen LogP contribution in [0, 0.1) is 17.8 Å². The standard InChI is InChI=1S/C19H18ClF3N4O/c20-18-7-17(27-15-3-4-16(27)6-13(5-15)11-28)14(9-24-18)2-1-12-8-25-26(10-12)19(21,22)23/h7-10,13,15-16,28H,3-6,11H2/t13?,15-,16+. The van der Waals surface area contributed by atoms with Crippen molar-refractivity contribution in [2.45, 2.75) is 44.1 Å². The zero-order chi connectivity index (χ0) is 19.9. The molecule has 2 aromatic rings. The quantitative estimate of drug-likeness (QED) is 0.607. The lowest BCUT2D eigenvalue weighted by atomic mass is 9.90. The summed E-state index contributed by atoms with van der Waals surface area (Å²) in [6.07, 6.45) is 2.79. The van der Waals surface area contributed by atoms with E-state index in [1.807, 2.05) is 0 Å². The van der Waals surface area contributed by atoms with Crippen LogP contribution in [-0.2, 0) is 6.30 Å². The number of hydrogen-bond acceptors (Lipinski definition) is 4. The number of nitrogens with zero attached hydrogens (tertiary/aromatic N) is 4. The molecule has 2 fully saturated rings. The first-order chi connectivity index (χ1) is 13.3. The Bertz CT molecular complexity index is 919. The third kappa shape index (κ3) is 3.69. The van der Waals surface area contributed by atoms with Crippen LogP contribution in [0.2, 0.25) is 5.15 Å². The Kier molecular flexibility index (Phi) is 4.98. The summed E-state index contributed by atoms with van der Waals surface area (Å²) in [5.41, 5.74) is 1.63. The Balaban J connectivity index is 1.65. The maximum atomic E-state index is 12.7. The van der Waals surface area contributed by atoms with Crippen LogP contribution in [0.4, 0.5) is 18.9 Å². The van der Waals surface area contributed by atoms with Gasteiger partial charge in [0.05, 0.1) is 23.0 Å². The van der Waals surface area contributed by atoms with Gasteiger partial charge in [-0.2, -0.15) is 9.78 Å². The molecule has 2 bridgehead atoms. The molecule has 0 aromatic carbocycles. The molecule has 0 amide bonds. The lowest BCUT2D eigenvalue weighted by Crippen LogP contribution is -2.44. The lowest BCUT2D eigenvalue weighted by molar-refractivity contribution is -0.212. The molecule has 3 atom stereocenters. The smallest absolute Gasteiger partial charge is 0.396 e. The van der Waals surface area contributed by atoms with Crippen LogP contribution in [0.5, 0.6) is 0 Å². The number of piperidine rings is 1. The van der Waals surface area contributed by atoms with E-state index in [2.05, 4.69) is 26.8 Å². The topological polar surface area (TPSA) is 54.2 Å². The highest BCUT2D eigenvalue weighted by molar-refractivity contribution is 6.29. The molecular formula is C19H18ClF3N4O. The highest BCUT2D eigenvalue weighted by atomic mass is 35.5. The van der Waals surface area contributed by atoms with Crippen molar-refractivity contribution < 1.29 is 18.3 Å². The third-order valence-corrected chi connectivity index (χ3v) is 5.61. The largest absolute Gasteiger partial charge is 0.504 e. The second kappa shape index (κ2) is 7.30. The Morgan fingerprint density at radius 2 is 1.89 bits per heavy atom. The molecule has 28 heavy (non-hydrogen) atoms. The number of anilines is 1. The minimum absolute atomic E-state index is 0.0715. The van der Waals surface area contributed by atoms with Gasteiger partial charge in [-0.1, -0.05) is 23.4 Å². The van der Waals surface area contributed by atoms with Gasteiger partial charge in [0, 0.05) is 37.2 Å². The molecule has 2 aliphatic heterocycles. The first-order valence-electron chi connectivity index (χ1n) is 9.04. The maximum Gasteiger partial charge on any atom is 0.504 e. The van der Waals surface area contributed by atoms with Gasteiger partial charge >= 0.3 is 6.30 Å². The number of alkyl halides is 3. The van der Waals surface area contributed by atoms with Crippen LogP contribution in [0.1, 0.15) is 36.8 Å². The van der Waals surface area contributed by atoms with Crippen LogP contribution in [0.25, 0.3) is 0 Å². The lowest BCUT2D eigenvalue weighted by Gasteiger charge is -2.40. The molecule has 2 saturated heterocycles. The highest BCUT2D eigenvalue weighted by Crippen LogP contribution is 2.42. The van der Waals surface area contributed by atoms with Gasteiger partial charge in [-0.3, -0.25) is 0 Å². The third-order valence-electron chi connectivity index (χ3n) is 5.40. The first-order valence-corrected chi connectivity index (χ1v) is 9.41. The highest BCUT2D eigenvalue weighted by Gasteiger charge is 2.41. The van der Waals surface area contributed by atoms with E-state index >= 15 is 0 Å². The Hall–Kier alpha value is -2.24. The van der Waals surface area contributed by atoms with Gasteiger partial charge < -0.3 is 10.0 Å². The monoisotopic (exact) mass is 410 g/mol. The molecule has 0 spiro atoms. The minimum atomic E-state index is -4.57. The molecule has 1 unspecified atom stereocenters. The summed E-state index contributed by atoms with van der Waals surface area (Å²) in [6.45, 7) is 0.188. The van der Waals surface area contributed by atoms with Crippen molar-refractivity contribution in [3.63, 3.8) is 0 Å². The molecule has 9 heteroatoms. The number of aliphatic hydroxyl groups excluding tert-OH is 1. The summed E-state index contributed by atoms with van der Waals surface area (Å²) < 4.78 is 37.9. The zero-order valence-electron chi connectivity index (χ0n) is 14.8. The summed E-state index contributed by atoms with van der Waals surface area (Å²) in [6, 6.07) is 2.35. The van der Waals surface area contributed by atoms with Crippen molar-refractivity contribution in [1.29, 1.82) is 0 Å². The average Bonchev–Trinajstić information content (AvgIpc) is 3.23. The number of pyridine rings is 1. The van der Waals surface area contributed by atoms with E-state index in [1.165, 1.54) is 0 Å². The SMILES string of the molecule is OCC1C[C@H]2CC[C@@H](C1)N2c1cc(Cl)ncc1C#Cc1cnn(C(F)(F)F)c1. The van der Waals surface area contributed by atoms with Crippen LogP contribution in [0.15, 0.2) is 24.7 Å². The van der Waals surface area contributed by atoms with E-state index < -0.39 is 6.30 Å². The maximum absolute atomic E-state index is 12.7. The summed E-state index contributed by atoms with van der Waals surface area (Å²) in [4.78, 5) is 6.38. The second-order valence-corrected chi connectivity index (χ2v) is 7.62. The number of halogens is 4. The van der Waals surface area contributed by atoms with Gasteiger partial charge in [0.15, 0.2) is 0 Å². The minimum Gasteiger partial charge on any atom is -0.396 e. The van der Waals surface area contributed by atoms with E-state index in [0.29, 0.717) is 28.7 Å². The fourth-order valence-electron chi connectivity index (χ4n) is 4.23. The summed E-state index contributed by atoms with van der Waals surface area (Å²) in [5.74, 6) is 5.97. The Morgan fingerprint density at radius 1 is 1.18 bits per heavy atom. The second-order valence-electron chi connectivity index (χ2n) is 7.23. The van der Waals surface area contributed by atoms with Crippen molar-refractivity contribution in [3.8, 4) is 11.8 Å². The van der Waals surface area contributed by atoms with Gasteiger partial charge in [-0.15, -0.1) is 13.2 Å². The number of aromatic nitrogens is 3. The number of hydrogen-bond donors (Lipinski definition) is 1. The molecule has 5 nitrogen and oxygen atoms in total. The molecule has 1 N–H and O–H groups in total. The van der Waals surface area contributed by atoms with Gasteiger partial charge in [-0.05, 0) is 31.6 Å². The average molecular weight is 411 g/mol. The van der Waals surface area contributed by atoms with E-state index in [4.69, 9.17) is 11.6 Å². The van der Waals surface area contributed by atoms with E-state index in [9.17, 15) is 18.3 Å². The molecular weight excluding hydrogens is 393 g/mol. The van der Waals surface area contributed by atoms with Crippen LogP contribution < -0.4 is 4.90 Å². The van der Waals surface area contributed by atoms with Crippen molar-refractivity contribution in [2.24, 2.45) is 5.92 Å². The molecule has 0 saturated carbocycles. The van der Waals surface area contributed by atoms with Gasteiger partial charge in [0.2, 0.25) is 0 Å². The number of aliphatic hydroxyl groups is 1. The van der Waals surface area contributed by atoms with Crippen molar-refractivity contribution in [2.75, 3.05) is 11.5 Å². The summed E-state index contributed by atoms with van der Waals surface area (Å²) >= 11 is 6.11. The Labute approximate surface area is 165 Å². The molecule has 4 heterocycles. The van der Waals surface area contributed by atoms with Gasteiger partial charge in [-0.25, -0.2) is 4.98 Å². The molecule has 2 aliphatic rings. The van der Waals surface area contributed by atoms with E-state index in [1.54, 1.807) is 12.3 Å². The molecule has 4 rings (SSSR count). The Morgan fingerprint density at radius 3 is 2.50 bits per heavy atom.